The van der Waals surface area contributed by atoms with Crippen LogP contribution in [0.1, 0.15) is 71.2 Å². The Bertz CT molecular complexity index is 1020. The first kappa shape index (κ1) is 21.7. The number of carbonyl (C=O) groups is 2. The average Bonchev–Trinajstić information content (AvgIpc) is 3.06. The van der Waals surface area contributed by atoms with E-state index in [1.165, 1.54) is 6.42 Å². The number of anilines is 1. The van der Waals surface area contributed by atoms with Crippen LogP contribution in [0.2, 0.25) is 0 Å². The summed E-state index contributed by atoms with van der Waals surface area (Å²) in [6, 6.07) is 10.6. The van der Waals surface area contributed by atoms with Crippen molar-refractivity contribution >= 4 is 17.6 Å². The molecule has 1 unspecified atom stereocenters. The molecule has 0 spiro atoms. The third-order valence-corrected chi connectivity index (χ3v) is 7.53. The minimum atomic E-state index is -0.0378. The SMILES string of the molecule is COc1cccc(C(=O)NC2C[C@H]3CC[C@@H](C2)N3c2ccc(C(=O)NC3CCC3)cn2)c1C. The number of fused-ring (bicyclic) bond motifs is 2. The number of nitrogens with zero attached hydrogens (tertiary/aromatic N) is 2. The highest BCUT2D eigenvalue weighted by Crippen LogP contribution is 2.38. The fourth-order valence-electron chi connectivity index (χ4n) is 5.51. The van der Waals surface area contributed by atoms with Crippen LogP contribution in [0.5, 0.6) is 5.75 Å². The maximum atomic E-state index is 13.0. The van der Waals surface area contributed by atoms with E-state index >= 15 is 0 Å². The number of pyridine rings is 1. The van der Waals surface area contributed by atoms with E-state index in [2.05, 4.69) is 20.5 Å². The van der Waals surface area contributed by atoms with Crippen LogP contribution in [0.25, 0.3) is 0 Å². The molecule has 2 N–H and O–H groups in total. The molecular formula is C26H32N4O3. The van der Waals surface area contributed by atoms with Crippen molar-refractivity contribution in [3.05, 3.63) is 53.2 Å². The van der Waals surface area contributed by atoms with Gasteiger partial charge in [-0.2, -0.15) is 0 Å². The average molecular weight is 449 g/mol. The molecule has 1 aliphatic carbocycles. The fourth-order valence-corrected chi connectivity index (χ4v) is 5.51. The molecule has 3 aliphatic rings. The van der Waals surface area contributed by atoms with Crippen molar-refractivity contribution in [2.75, 3.05) is 12.0 Å². The Labute approximate surface area is 194 Å². The van der Waals surface area contributed by atoms with Gasteiger partial charge in [0.1, 0.15) is 11.6 Å². The van der Waals surface area contributed by atoms with Crippen molar-refractivity contribution in [3.8, 4) is 5.75 Å². The van der Waals surface area contributed by atoms with E-state index in [4.69, 9.17) is 4.74 Å². The minimum absolute atomic E-state index is 0.0315. The first-order valence-corrected chi connectivity index (χ1v) is 12.0. The van der Waals surface area contributed by atoms with E-state index in [9.17, 15) is 9.59 Å². The summed E-state index contributed by atoms with van der Waals surface area (Å²) in [6.07, 6.45) is 9.03. The van der Waals surface area contributed by atoms with Crippen LogP contribution in [0, 0.1) is 6.92 Å². The third kappa shape index (κ3) is 4.28. The molecule has 174 valence electrons. The second-order valence-electron chi connectivity index (χ2n) is 9.57. The van der Waals surface area contributed by atoms with Crippen molar-refractivity contribution in [1.29, 1.82) is 0 Å². The number of rotatable bonds is 6. The number of piperidine rings is 1. The smallest absolute Gasteiger partial charge is 0.253 e. The highest BCUT2D eigenvalue weighted by molar-refractivity contribution is 5.96. The Morgan fingerprint density at radius 2 is 1.70 bits per heavy atom. The van der Waals surface area contributed by atoms with Crippen LogP contribution in [0.15, 0.2) is 36.5 Å². The number of aromatic nitrogens is 1. The number of hydrogen-bond acceptors (Lipinski definition) is 5. The lowest BCUT2D eigenvalue weighted by Gasteiger charge is -2.40. The quantitative estimate of drug-likeness (QED) is 0.705. The molecule has 2 amide bonds. The number of carbonyl (C=O) groups excluding carboxylic acids is 2. The first-order valence-electron chi connectivity index (χ1n) is 12.0. The Morgan fingerprint density at radius 3 is 2.30 bits per heavy atom. The topological polar surface area (TPSA) is 83.6 Å². The molecule has 2 bridgehead atoms. The van der Waals surface area contributed by atoms with Gasteiger partial charge in [0.15, 0.2) is 0 Å². The Kier molecular flexibility index (Phi) is 5.96. The summed E-state index contributed by atoms with van der Waals surface area (Å²) in [7, 11) is 1.62. The molecule has 3 fully saturated rings. The summed E-state index contributed by atoms with van der Waals surface area (Å²) in [5.41, 5.74) is 2.15. The number of amides is 2. The van der Waals surface area contributed by atoms with Gasteiger partial charge in [0.2, 0.25) is 0 Å². The maximum absolute atomic E-state index is 13.0. The van der Waals surface area contributed by atoms with E-state index in [-0.39, 0.29) is 17.9 Å². The number of ether oxygens (including phenoxy) is 1. The summed E-state index contributed by atoms with van der Waals surface area (Å²) >= 11 is 0. The van der Waals surface area contributed by atoms with Gasteiger partial charge in [-0.3, -0.25) is 9.59 Å². The van der Waals surface area contributed by atoms with Crippen LogP contribution in [-0.4, -0.2) is 48.1 Å². The third-order valence-electron chi connectivity index (χ3n) is 7.53. The van der Waals surface area contributed by atoms with Gasteiger partial charge in [0.25, 0.3) is 11.8 Å². The zero-order valence-electron chi connectivity index (χ0n) is 19.3. The minimum Gasteiger partial charge on any atom is -0.496 e. The monoisotopic (exact) mass is 448 g/mol. The number of nitrogens with one attached hydrogen (secondary N) is 2. The van der Waals surface area contributed by atoms with E-state index in [0.717, 1.165) is 55.7 Å². The van der Waals surface area contributed by atoms with E-state index in [1.54, 1.807) is 13.3 Å². The van der Waals surface area contributed by atoms with Crippen molar-refractivity contribution in [2.45, 2.75) is 76.0 Å². The van der Waals surface area contributed by atoms with E-state index in [0.29, 0.717) is 29.3 Å². The molecule has 1 aromatic heterocycles. The number of hydrogen-bond donors (Lipinski definition) is 2. The highest BCUT2D eigenvalue weighted by Gasteiger charge is 2.42. The van der Waals surface area contributed by atoms with Gasteiger partial charge in [-0.05, 0) is 76.1 Å². The van der Waals surface area contributed by atoms with Gasteiger partial charge in [-0.1, -0.05) is 6.07 Å². The predicted molar refractivity (Wildman–Crippen MR) is 127 cm³/mol. The Balaban J connectivity index is 1.22. The molecule has 3 heterocycles. The summed E-state index contributed by atoms with van der Waals surface area (Å²) in [4.78, 5) is 32.4. The Hall–Kier alpha value is -3.09. The fraction of sp³-hybridized carbons (Fsp3) is 0.500. The van der Waals surface area contributed by atoms with Crippen molar-refractivity contribution in [1.82, 2.24) is 15.6 Å². The van der Waals surface area contributed by atoms with Crippen LogP contribution in [0.3, 0.4) is 0 Å². The zero-order chi connectivity index (χ0) is 22.9. The maximum Gasteiger partial charge on any atom is 0.253 e. The van der Waals surface area contributed by atoms with Gasteiger partial charge >= 0.3 is 0 Å². The molecule has 2 aliphatic heterocycles. The molecule has 0 radical (unpaired) electrons. The molecule has 3 atom stereocenters. The van der Waals surface area contributed by atoms with Crippen LogP contribution in [0.4, 0.5) is 5.82 Å². The van der Waals surface area contributed by atoms with Gasteiger partial charge < -0.3 is 20.3 Å². The van der Waals surface area contributed by atoms with Gasteiger partial charge in [-0.15, -0.1) is 0 Å². The second kappa shape index (κ2) is 9.04. The lowest BCUT2D eigenvalue weighted by Crippen LogP contribution is -2.50. The molecule has 2 aromatic rings. The van der Waals surface area contributed by atoms with Crippen molar-refractivity contribution < 1.29 is 14.3 Å². The molecular weight excluding hydrogens is 416 g/mol. The standard InChI is InChI=1S/C26H32N4O3/c1-16-22(7-4-8-23(16)33-2)26(32)29-19-13-20-10-11-21(14-19)30(20)24-12-9-17(15-27-24)25(31)28-18-5-3-6-18/h4,7-9,12,15,18-21H,3,5-6,10-11,13-14H2,1-2H3,(H,28,31)(H,29,32)/t19?,20-,21+. The molecule has 1 saturated carbocycles. The molecule has 33 heavy (non-hydrogen) atoms. The van der Waals surface area contributed by atoms with Crippen molar-refractivity contribution in [3.63, 3.8) is 0 Å². The highest BCUT2D eigenvalue weighted by atomic mass is 16.5. The van der Waals surface area contributed by atoms with Gasteiger partial charge in [0, 0.05) is 41.5 Å². The molecule has 7 nitrogen and oxygen atoms in total. The van der Waals surface area contributed by atoms with E-state index < -0.39 is 0 Å². The molecule has 2 saturated heterocycles. The zero-order valence-corrected chi connectivity index (χ0v) is 19.3. The summed E-state index contributed by atoms with van der Waals surface area (Å²) in [6.45, 7) is 1.92. The van der Waals surface area contributed by atoms with Gasteiger partial charge in [0.05, 0.1) is 12.7 Å². The Morgan fingerprint density at radius 1 is 0.970 bits per heavy atom. The van der Waals surface area contributed by atoms with E-state index in [1.807, 2.05) is 37.3 Å². The second-order valence-corrected chi connectivity index (χ2v) is 9.57. The molecule has 1 aromatic carbocycles. The number of benzene rings is 1. The predicted octanol–water partition coefficient (Wildman–Crippen LogP) is 3.61. The van der Waals surface area contributed by atoms with Crippen LogP contribution < -0.4 is 20.3 Å². The van der Waals surface area contributed by atoms with Gasteiger partial charge in [-0.25, -0.2) is 4.98 Å². The lowest BCUT2D eigenvalue weighted by atomic mass is 9.93. The van der Waals surface area contributed by atoms with Crippen molar-refractivity contribution in [2.24, 2.45) is 0 Å². The van der Waals surface area contributed by atoms with Crippen LogP contribution in [-0.2, 0) is 0 Å². The normalized spacial score (nSPS) is 24.2. The summed E-state index contributed by atoms with van der Waals surface area (Å²) < 4.78 is 5.36. The largest absolute Gasteiger partial charge is 0.496 e. The molecule has 7 heteroatoms. The lowest BCUT2D eigenvalue weighted by molar-refractivity contribution is 0.0912. The first-order chi connectivity index (χ1) is 16.0. The number of methoxy groups -OCH3 is 1. The van der Waals surface area contributed by atoms with Crippen LogP contribution >= 0.6 is 0 Å². The molecule has 5 rings (SSSR count). The summed E-state index contributed by atoms with van der Waals surface area (Å²) in [5.74, 6) is 1.59. The summed E-state index contributed by atoms with van der Waals surface area (Å²) in [5, 5.41) is 6.33.